The fourth-order valence-corrected chi connectivity index (χ4v) is 5.07. The Kier molecular flexibility index (Phi) is 3.57. The van der Waals surface area contributed by atoms with E-state index in [1.54, 1.807) is 24.3 Å². The smallest absolute Gasteiger partial charge is 0.256 e. The van der Waals surface area contributed by atoms with Crippen molar-refractivity contribution in [3.05, 3.63) is 52.8 Å². The van der Waals surface area contributed by atoms with Crippen LogP contribution in [0.25, 0.3) is 21.7 Å². The average molecular weight is 342 g/mol. The number of benzene rings is 2. The van der Waals surface area contributed by atoms with Gasteiger partial charge in [0, 0.05) is 22.0 Å². The Morgan fingerprint density at radius 1 is 0.958 bits per heavy atom. The molecule has 24 heavy (non-hydrogen) atoms. The number of sulfonamides is 1. The highest BCUT2D eigenvalue weighted by atomic mass is 32.2. The number of hydrogen-bond acceptors (Lipinski definition) is 3. The van der Waals surface area contributed by atoms with Crippen molar-refractivity contribution in [3.63, 3.8) is 0 Å². The van der Waals surface area contributed by atoms with Crippen LogP contribution >= 0.6 is 0 Å². The van der Waals surface area contributed by atoms with Gasteiger partial charge in [0.05, 0.1) is 5.25 Å². The van der Waals surface area contributed by atoms with Crippen molar-refractivity contribution in [2.24, 2.45) is 0 Å². The molecule has 1 aromatic heterocycles. The highest BCUT2D eigenvalue weighted by Gasteiger charge is 2.28. The van der Waals surface area contributed by atoms with Gasteiger partial charge in [-0.15, -0.1) is 0 Å². The molecule has 1 saturated carbocycles. The normalized spacial score (nSPS) is 16.0. The topological polar surface area (TPSA) is 79.0 Å². The Morgan fingerprint density at radius 3 is 2.42 bits per heavy atom. The predicted octanol–water partition coefficient (Wildman–Crippen LogP) is 3.37. The maximum Gasteiger partial charge on any atom is 0.256 e. The van der Waals surface area contributed by atoms with Gasteiger partial charge >= 0.3 is 0 Å². The molecule has 2 N–H and O–H groups in total. The van der Waals surface area contributed by atoms with E-state index in [9.17, 15) is 13.2 Å². The summed E-state index contributed by atoms with van der Waals surface area (Å²) >= 11 is 0. The minimum atomic E-state index is -3.37. The highest BCUT2D eigenvalue weighted by molar-refractivity contribution is 7.93. The van der Waals surface area contributed by atoms with Crippen molar-refractivity contribution in [2.45, 2.75) is 30.9 Å². The molecule has 124 valence electrons. The summed E-state index contributed by atoms with van der Waals surface area (Å²) in [6, 6.07) is 12.6. The molecule has 0 aliphatic heterocycles. The molecule has 5 nitrogen and oxygen atoms in total. The Bertz CT molecular complexity index is 1080. The summed E-state index contributed by atoms with van der Waals surface area (Å²) in [6.45, 7) is 0. The van der Waals surface area contributed by atoms with Crippen molar-refractivity contribution in [1.29, 1.82) is 0 Å². The first-order chi connectivity index (χ1) is 11.5. The van der Waals surface area contributed by atoms with Crippen molar-refractivity contribution in [2.75, 3.05) is 4.72 Å². The first kappa shape index (κ1) is 15.2. The first-order valence-corrected chi connectivity index (χ1v) is 9.66. The average Bonchev–Trinajstić information content (AvgIpc) is 3.11. The van der Waals surface area contributed by atoms with Crippen LogP contribution in [-0.4, -0.2) is 18.7 Å². The van der Waals surface area contributed by atoms with E-state index in [1.165, 1.54) is 0 Å². The van der Waals surface area contributed by atoms with Crippen LogP contribution in [0, 0.1) is 0 Å². The van der Waals surface area contributed by atoms with E-state index >= 15 is 0 Å². The molecule has 0 radical (unpaired) electrons. The van der Waals surface area contributed by atoms with Gasteiger partial charge in [0.15, 0.2) is 0 Å². The fraction of sp³-hybridized carbons (Fsp3) is 0.278. The Hall–Kier alpha value is -2.34. The van der Waals surface area contributed by atoms with Crippen molar-refractivity contribution >= 4 is 37.4 Å². The lowest BCUT2D eigenvalue weighted by Crippen LogP contribution is -2.25. The van der Waals surface area contributed by atoms with Gasteiger partial charge in [-0.2, -0.15) is 0 Å². The second-order valence-corrected chi connectivity index (χ2v) is 8.27. The number of aromatic amines is 1. The zero-order valence-electron chi connectivity index (χ0n) is 13.1. The monoisotopic (exact) mass is 342 g/mol. The zero-order valence-corrected chi connectivity index (χ0v) is 13.9. The Labute approximate surface area is 139 Å². The van der Waals surface area contributed by atoms with Gasteiger partial charge in [0.1, 0.15) is 0 Å². The number of fused-ring (bicyclic) bond motifs is 3. The molecule has 0 unspecified atom stereocenters. The molecule has 1 fully saturated rings. The second-order valence-electron chi connectivity index (χ2n) is 6.31. The van der Waals surface area contributed by atoms with Crippen LogP contribution in [0.15, 0.2) is 47.3 Å². The minimum Gasteiger partial charge on any atom is -0.321 e. The number of nitrogens with one attached hydrogen (secondary N) is 2. The van der Waals surface area contributed by atoms with Gasteiger partial charge in [-0.05, 0) is 42.5 Å². The lowest BCUT2D eigenvalue weighted by molar-refractivity contribution is 0.585. The molecule has 6 heteroatoms. The third-order valence-corrected chi connectivity index (χ3v) is 6.60. The van der Waals surface area contributed by atoms with Crippen LogP contribution in [0.1, 0.15) is 25.7 Å². The van der Waals surface area contributed by atoms with Crippen LogP contribution in [-0.2, 0) is 10.0 Å². The number of aromatic nitrogens is 1. The number of anilines is 1. The molecule has 1 aliphatic rings. The second kappa shape index (κ2) is 5.63. The van der Waals surface area contributed by atoms with Gasteiger partial charge in [0.25, 0.3) is 5.56 Å². The largest absolute Gasteiger partial charge is 0.321 e. The maximum absolute atomic E-state index is 12.5. The molecule has 0 saturated heterocycles. The van der Waals surface area contributed by atoms with Gasteiger partial charge < -0.3 is 4.98 Å². The van der Waals surface area contributed by atoms with Gasteiger partial charge in [-0.25, -0.2) is 8.42 Å². The highest BCUT2D eigenvalue weighted by Crippen LogP contribution is 2.28. The van der Waals surface area contributed by atoms with E-state index in [2.05, 4.69) is 9.71 Å². The van der Waals surface area contributed by atoms with Crippen LogP contribution in [0.3, 0.4) is 0 Å². The summed E-state index contributed by atoms with van der Waals surface area (Å²) in [7, 11) is -3.37. The van der Waals surface area contributed by atoms with Crippen LogP contribution in [0.2, 0.25) is 0 Å². The lowest BCUT2D eigenvalue weighted by atomic mass is 10.1. The molecule has 0 amide bonds. The minimum absolute atomic E-state index is 0.141. The maximum atomic E-state index is 12.5. The van der Waals surface area contributed by atoms with Crippen LogP contribution < -0.4 is 10.3 Å². The van der Waals surface area contributed by atoms with Gasteiger partial charge in [-0.3, -0.25) is 9.52 Å². The summed E-state index contributed by atoms with van der Waals surface area (Å²) in [5.41, 5.74) is 1.09. The first-order valence-electron chi connectivity index (χ1n) is 8.11. The number of hydrogen-bond donors (Lipinski definition) is 2. The standard InChI is InChI=1S/C18H18N2O3S/c21-18-15-8-4-3-7-14(15)16-11-12(9-10-17(16)19-18)20-24(22,23)13-5-1-2-6-13/h3-4,7-11,13,20H,1-2,5-6H2,(H,19,21). The Balaban J connectivity index is 1.82. The molecule has 0 spiro atoms. The van der Waals surface area contributed by atoms with Crippen LogP contribution in [0.5, 0.6) is 0 Å². The summed E-state index contributed by atoms with van der Waals surface area (Å²) in [4.78, 5) is 15.0. The van der Waals surface area contributed by atoms with E-state index in [1.807, 2.05) is 18.2 Å². The third kappa shape index (κ3) is 2.57. The molecule has 2 aromatic carbocycles. The number of H-pyrrole nitrogens is 1. The van der Waals surface area contributed by atoms with E-state index in [0.29, 0.717) is 16.6 Å². The summed E-state index contributed by atoms with van der Waals surface area (Å²) in [6.07, 6.45) is 3.38. The Morgan fingerprint density at radius 2 is 1.67 bits per heavy atom. The molecule has 0 atom stereocenters. The molecule has 1 aliphatic carbocycles. The summed E-state index contributed by atoms with van der Waals surface area (Å²) in [5, 5.41) is 1.94. The molecule has 0 bridgehead atoms. The number of rotatable bonds is 3. The van der Waals surface area contributed by atoms with Crippen LogP contribution in [0.4, 0.5) is 5.69 Å². The van der Waals surface area contributed by atoms with E-state index in [4.69, 9.17) is 0 Å². The molecular formula is C18H18N2O3S. The van der Waals surface area contributed by atoms with Gasteiger partial charge in [-0.1, -0.05) is 31.0 Å². The molecule has 4 rings (SSSR count). The predicted molar refractivity (Wildman–Crippen MR) is 96.9 cm³/mol. The lowest BCUT2D eigenvalue weighted by Gasteiger charge is -2.14. The third-order valence-electron chi connectivity index (χ3n) is 4.73. The van der Waals surface area contributed by atoms with E-state index in [-0.39, 0.29) is 10.8 Å². The molecular weight excluding hydrogens is 324 g/mol. The molecule has 1 heterocycles. The SMILES string of the molecule is O=c1[nH]c2ccc(NS(=O)(=O)C3CCCC3)cc2c2ccccc12. The quantitative estimate of drug-likeness (QED) is 0.716. The van der Waals surface area contributed by atoms with Crippen molar-refractivity contribution in [3.8, 4) is 0 Å². The molecule has 3 aromatic rings. The summed E-state index contributed by atoms with van der Waals surface area (Å²) in [5.74, 6) is 0. The van der Waals surface area contributed by atoms with Crippen molar-refractivity contribution < 1.29 is 8.42 Å². The van der Waals surface area contributed by atoms with E-state index < -0.39 is 10.0 Å². The zero-order chi connectivity index (χ0) is 16.7. The van der Waals surface area contributed by atoms with E-state index in [0.717, 1.165) is 36.5 Å². The van der Waals surface area contributed by atoms with Crippen molar-refractivity contribution in [1.82, 2.24) is 4.98 Å². The summed E-state index contributed by atoms with van der Waals surface area (Å²) < 4.78 is 27.7. The van der Waals surface area contributed by atoms with Gasteiger partial charge in [0.2, 0.25) is 10.0 Å². The number of pyridine rings is 1. The fourth-order valence-electron chi connectivity index (χ4n) is 3.49.